The molecule has 0 radical (unpaired) electrons. The Morgan fingerprint density at radius 2 is 1.72 bits per heavy atom. The molecule has 0 saturated carbocycles. The van der Waals surface area contributed by atoms with Gasteiger partial charge in [0.15, 0.2) is 11.5 Å². The van der Waals surface area contributed by atoms with Crippen LogP contribution in [0.4, 0.5) is 0 Å². The van der Waals surface area contributed by atoms with Crippen molar-refractivity contribution >= 4 is 12.1 Å². The van der Waals surface area contributed by atoms with E-state index >= 15 is 0 Å². The van der Waals surface area contributed by atoms with Gasteiger partial charge in [0.1, 0.15) is 0 Å². The van der Waals surface area contributed by atoms with Gasteiger partial charge in [-0.05, 0) is 29.8 Å². The SMILES string of the molecule is COc1ccc(/C=N\NC(=O)c2ccc(CN)cc2)c(OC)c1OC. The van der Waals surface area contributed by atoms with Crippen LogP contribution in [0.3, 0.4) is 0 Å². The molecule has 0 aliphatic rings. The van der Waals surface area contributed by atoms with Crippen LogP contribution in [0.2, 0.25) is 0 Å². The van der Waals surface area contributed by atoms with Gasteiger partial charge in [-0.2, -0.15) is 5.10 Å². The minimum absolute atomic E-state index is 0.320. The number of hydrazone groups is 1. The van der Waals surface area contributed by atoms with Crippen LogP contribution in [0, 0.1) is 0 Å². The Kier molecular flexibility index (Phi) is 6.36. The summed E-state index contributed by atoms with van der Waals surface area (Å²) in [5.41, 5.74) is 10.1. The molecule has 7 nitrogen and oxygen atoms in total. The van der Waals surface area contributed by atoms with E-state index in [9.17, 15) is 4.79 Å². The lowest BCUT2D eigenvalue weighted by atomic mass is 10.1. The van der Waals surface area contributed by atoms with Gasteiger partial charge in [-0.1, -0.05) is 12.1 Å². The zero-order valence-electron chi connectivity index (χ0n) is 14.4. The summed E-state index contributed by atoms with van der Waals surface area (Å²) < 4.78 is 15.9. The number of carbonyl (C=O) groups excluding carboxylic acids is 1. The average Bonchev–Trinajstić information content (AvgIpc) is 2.67. The van der Waals surface area contributed by atoms with Crippen molar-refractivity contribution in [1.82, 2.24) is 5.43 Å². The molecule has 132 valence electrons. The van der Waals surface area contributed by atoms with Gasteiger partial charge < -0.3 is 19.9 Å². The fourth-order valence-corrected chi connectivity index (χ4v) is 2.24. The molecule has 0 fully saturated rings. The van der Waals surface area contributed by atoms with Gasteiger partial charge in [-0.25, -0.2) is 5.43 Å². The van der Waals surface area contributed by atoms with Crippen LogP contribution in [-0.2, 0) is 6.54 Å². The lowest BCUT2D eigenvalue weighted by Crippen LogP contribution is -2.17. The quantitative estimate of drug-likeness (QED) is 0.592. The van der Waals surface area contributed by atoms with Gasteiger partial charge in [0.05, 0.1) is 27.5 Å². The van der Waals surface area contributed by atoms with Crippen LogP contribution in [0.1, 0.15) is 21.5 Å². The van der Waals surface area contributed by atoms with Gasteiger partial charge in [0.2, 0.25) is 5.75 Å². The molecule has 0 heterocycles. The van der Waals surface area contributed by atoms with E-state index in [1.54, 1.807) is 43.5 Å². The smallest absolute Gasteiger partial charge is 0.271 e. The van der Waals surface area contributed by atoms with Crippen molar-refractivity contribution in [3.05, 3.63) is 53.1 Å². The lowest BCUT2D eigenvalue weighted by Gasteiger charge is -2.13. The molecule has 2 aromatic carbocycles. The molecule has 2 aromatic rings. The molecule has 1 amide bonds. The van der Waals surface area contributed by atoms with Crippen molar-refractivity contribution < 1.29 is 19.0 Å². The number of ether oxygens (including phenoxy) is 3. The van der Waals surface area contributed by atoms with Gasteiger partial charge in [-0.3, -0.25) is 4.79 Å². The second-order valence-corrected chi connectivity index (χ2v) is 5.02. The lowest BCUT2D eigenvalue weighted by molar-refractivity contribution is 0.0955. The van der Waals surface area contributed by atoms with Crippen LogP contribution < -0.4 is 25.4 Å². The molecule has 3 N–H and O–H groups in total. The highest BCUT2D eigenvalue weighted by molar-refractivity contribution is 5.95. The van der Waals surface area contributed by atoms with E-state index in [0.717, 1.165) is 5.56 Å². The van der Waals surface area contributed by atoms with E-state index in [1.807, 2.05) is 0 Å². The topological polar surface area (TPSA) is 95.2 Å². The second-order valence-electron chi connectivity index (χ2n) is 5.02. The molecule has 0 unspecified atom stereocenters. The van der Waals surface area contributed by atoms with Crippen molar-refractivity contribution in [1.29, 1.82) is 0 Å². The Bertz CT molecular complexity index is 758. The molecule has 0 aliphatic carbocycles. The molecule has 0 aliphatic heterocycles. The summed E-state index contributed by atoms with van der Waals surface area (Å²) >= 11 is 0. The molecule has 0 atom stereocenters. The van der Waals surface area contributed by atoms with E-state index in [1.165, 1.54) is 20.4 Å². The molecule has 0 saturated heterocycles. The van der Waals surface area contributed by atoms with E-state index in [0.29, 0.717) is 34.9 Å². The molecular formula is C18H21N3O4. The first-order chi connectivity index (χ1) is 12.1. The molecule has 0 aromatic heterocycles. The average molecular weight is 343 g/mol. The minimum atomic E-state index is -0.320. The third kappa shape index (κ3) is 4.27. The molecule has 7 heteroatoms. The Hall–Kier alpha value is -3.06. The van der Waals surface area contributed by atoms with Gasteiger partial charge in [0, 0.05) is 17.7 Å². The number of methoxy groups -OCH3 is 3. The van der Waals surface area contributed by atoms with E-state index in [-0.39, 0.29) is 5.91 Å². The maximum absolute atomic E-state index is 12.1. The molecular weight excluding hydrogens is 322 g/mol. The monoisotopic (exact) mass is 343 g/mol. The molecule has 0 bridgehead atoms. The Morgan fingerprint density at radius 3 is 2.28 bits per heavy atom. The van der Waals surface area contributed by atoms with Crippen LogP contribution in [0.5, 0.6) is 17.2 Å². The van der Waals surface area contributed by atoms with Crippen molar-refractivity contribution in [2.45, 2.75) is 6.54 Å². The van der Waals surface area contributed by atoms with Crippen LogP contribution in [0.15, 0.2) is 41.5 Å². The zero-order valence-corrected chi connectivity index (χ0v) is 14.4. The van der Waals surface area contributed by atoms with Gasteiger partial charge >= 0.3 is 0 Å². The van der Waals surface area contributed by atoms with Crippen molar-refractivity contribution in [3.8, 4) is 17.2 Å². The number of benzene rings is 2. The predicted molar refractivity (Wildman–Crippen MR) is 95.5 cm³/mol. The molecule has 25 heavy (non-hydrogen) atoms. The number of amides is 1. The maximum Gasteiger partial charge on any atom is 0.271 e. The predicted octanol–water partition coefficient (Wildman–Crippen LogP) is 1.93. The van der Waals surface area contributed by atoms with Gasteiger partial charge in [0.25, 0.3) is 5.91 Å². The summed E-state index contributed by atoms with van der Waals surface area (Å²) in [6.07, 6.45) is 1.48. The highest BCUT2D eigenvalue weighted by atomic mass is 16.5. The third-order valence-corrected chi connectivity index (χ3v) is 3.56. The number of hydrogen-bond acceptors (Lipinski definition) is 6. The summed E-state index contributed by atoms with van der Waals surface area (Å²) in [6.45, 7) is 0.430. The van der Waals surface area contributed by atoms with Gasteiger partial charge in [-0.15, -0.1) is 0 Å². The Balaban J connectivity index is 2.14. The van der Waals surface area contributed by atoms with Crippen molar-refractivity contribution in [2.75, 3.05) is 21.3 Å². The minimum Gasteiger partial charge on any atom is -0.493 e. The van der Waals surface area contributed by atoms with E-state index < -0.39 is 0 Å². The largest absolute Gasteiger partial charge is 0.493 e. The number of hydrogen-bond donors (Lipinski definition) is 2. The number of nitrogens with zero attached hydrogens (tertiary/aromatic N) is 1. The summed E-state index contributed by atoms with van der Waals surface area (Å²) in [4.78, 5) is 12.1. The van der Waals surface area contributed by atoms with E-state index in [2.05, 4.69) is 10.5 Å². The number of carbonyl (C=O) groups is 1. The Morgan fingerprint density at radius 1 is 1.04 bits per heavy atom. The van der Waals surface area contributed by atoms with Crippen molar-refractivity contribution in [2.24, 2.45) is 10.8 Å². The van der Waals surface area contributed by atoms with Crippen LogP contribution in [0.25, 0.3) is 0 Å². The summed E-state index contributed by atoms with van der Waals surface area (Å²) in [5, 5.41) is 3.97. The van der Waals surface area contributed by atoms with Crippen molar-refractivity contribution in [3.63, 3.8) is 0 Å². The summed E-state index contributed by atoms with van der Waals surface area (Å²) in [6, 6.07) is 10.5. The number of rotatable bonds is 7. The first-order valence-corrected chi connectivity index (χ1v) is 7.56. The highest BCUT2D eigenvalue weighted by Crippen LogP contribution is 2.38. The first-order valence-electron chi connectivity index (χ1n) is 7.56. The third-order valence-electron chi connectivity index (χ3n) is 3.56. The second kappa shape index (κ2) is 8.70. The maximum atomic E-state index is 12.1. The standard InChI is InChI=1S/C18H21N3O4/c1-23-15-9-8-14(16(24-2)17(15)25-3)11-20-21-18(22)13-6-4-12(10-19)5-7-13/h4-9,11H,10,19H2,1-3H3,(H,21,22)/b20-11-. The first kappa shape index (κ1) is 18.3. The summed E-state index contributed by atoms with van der Waals surface area (Å²) in [7, 11) is 4.58. The van der Waals surface area contributed by atoms with Crippen LogP contribution >= 0.6 is 0 Å². The van der Waals surface area contributed by atoms with E-state index in [4.69, 9.17) is 19.9 Å². The zero-order chi connectivity index (χ0) is 18.2. The molecule has 0 spiro atoms. The number of nitrogens with one attached hydrogen (secondary N) is 1. The summed E-state index contributed by atoms with van der Waals surface area (Å²) in [5.74, 6) is 1.14. The molecule has 2 rings (SSSR count). The number of nitrogens with two attached hydrogens (primary N) is 1. The van der Waals surface area contributed by atoms with Crippen LogP contribution in [-0.4, -0.2) is 33.5 Å². The fraction of sp³-hybridized carbons (Fsp3) is 0.222. The normalized spacial score (nSPS) is 10.6. The fourth-order valence-electron chi connectivity index (χ4n) is 2.24. The Labute approximate surface area is 146 Å². The highest BCUT2D eigenvalue weighted by Gasteiger charge is 2.14.